The van der Waals surface area contributed by atoms with Crippen molar-refractivity contribution in [3.63, 3.8) is 0 Å². The van der Waals surface area contributed by atoms with Gasteiger partial charge in [-0.25, -0.2) is 0 Å². The van der Waals surface area contributed by atoms with Gasteiger partial charge in [-0.1, -0.05) is 12.1 Å². The second-order valence-corrected chi connectivity index (χ2v) is 7.42. The molecule has 0 atom stereocenters. The number of thiocarbonyl (C=S) groups is 1. The van der Waals surface area contributed by atoms with Gasteiger partial charge in [0.1, 0.15) is 5.75 Å². The number of nitrogens with zero attached hydrogens (tertiary/aromatic N) is 3. The number of non-ortho nitro benzene ring substituents is 1. The molecule has 0 spiro atoms. The standard InChI is InChI=1S/C20H22N4O3S/c25-24(26)18-4-2-17(3-5-18)21-20(28)23-10-8-22(9-11-23)14-15-1-6-19-16(13-15)7-12-27-19/h1-6,13H,7-12,14H2,(H,21,28). The Kier molecular flexibility index (Phi) is 5.40. The number of ether oxygens (including phenoxy) is 1. The molecule has 0 amide bonds. The van der Waals surface area contributed by atoms with Crippen LogP contribution in [0.4, 0.5) is 11.4 Å². The summed E-state index contributed by atoms with van der Waals surface area (Å²) in [6, 6.07) is 12.8. The smallest absolute Gasteiger partial charge is 0.269 e. The predicted octanol–water partition coefficient (Wildman–Crippen LogP) is 3.04. The molecule has 146 valence electrons. The molecule has 28 heavy (non-hydrogen) atoms. The zero-order valence-corrected chi connectivity index (χ0v) is 16.3. The van der Waals surface area contributed by atoms with Crippen LogP contribution in [-0.2, 0) is 13.0 Å². The van der Waals surface area contributed by atoms with E-state index in [1.54, 1.807) is 12.1 Å². The summed E-state index contributed by atoms with van der Waals surface area (Å²) < 4.78 is 5.58. The highest BCUT2D eigenvalue weighted by atomic mass is 32.1. The lowest BCUT2D eigenvalue weighted by Gasteiger charge is -2.36. The second-order valence-electron chi connectivity index (χ2n) is 7.04. The number of fused-ring (bicyclic) bond motifs is 1. The van der Waals surface area contributed by atoms with Crippen LogP contribution >= 0.6 is 12.2 Å². The Morgan fingerprint density at radius 1 is 1.14 bits per heavy atom. The fourth-order valence-electron chi connectivity index (χ4n) is 3.57. The third kappa shape index (κ3) is 4.23. The van der Waals surface area contributed by atoms with Crippen LogP contribution in [0.1, 0.15) is 11.1 Å². The number of hydrogen-bond acceptors (Lipinski definition) is 5. The van der Waals surface area contributed by atoms with Gasteiger partial charge in [0.05, 0.1) is 11.5 Å². The van der Waals surface area contributed by atoms with Crippen molar-refractivity contribution >= 4 is 28.7 Å². The van der Waals surface area contributed by atoms with E-state index in [1.165, 1.54) is 23.3 Å². The zero-order chi connectivity index (χ0) is 19.5. The molecular formula is C20H22N4O3S. The van der Waals surface area contributed by atoms with Crippen LogP contribution in [0.15, 0.2) is 42.5 Å². The molecule has 2 aliphatic heterocycles. The van der Waals surface area contributed by atoms with Crippen molar-refractivity contribution < 1.29 is 9.66 Å². The Morgan fingerprint density at radius 3 is 2.61 bits per heavy atom. The molecule has 0 saturated carbocycles. The molecule has 1 saturated heterocycles. The lowest BCUT2D eigenvalue weighted by Crippen LogP contribution is -2.49. The van der Waals surface area contributed by atoms with Gasteiger partial charge in [0.25, 0.3) is 5.69 Å². The maximum absolute atomic E-state index is 10.7. The molecule has 8 heteroatoms. The van der Waals surface area contributed by atoms with Gasteiger partial charge in [0, 0.05) is 57.0 Å². The van der Waals surface area contributed by atoms with Crippen molar-refractivity contribution in [2.24, 2.45) is 0 Å². The molecular weight excluding hydrogens is 376 g/mol. The average Bonchev–Trinajstić information content (AvgIpc) is 3.17. The number of anilines is 1. The van der Waals surface area contributed by atoms with E-state index in [1.807, 2.05) is 0 Å². The van der Waals surface area contributed by atoms with Gasteiger partial charge in [-0.2, -0.15) is 0 Å². The van der Waals surface area contributed by atoms with E-state index < -0.39 is 4.92 Å². The van der Waals surface area contributed by atoms with Gasteiger partial charge in [-0.3, -0.25) is 15.0 Å². The maximum Gasteiger partial charge on any atom is 0.269 e. The second kappa shape index (κ2) is 8.12. The molecule has 7 nitrogen and oxygen atoms in total. The van der Waals surface area contributed by atoms with Gasteiger partial charge in [-0.05, 0) is 41.5 Å². The van der Waals surface area contributed by atoms with Crippen molar-refractivity contribution in [1.29, 1.82) is 0 Å². The Bertz CT molecular complexity index is 880. The van der Waals surface area contributed by atoms with Crippen LogP contribution in [0.3, 0.4) is 0 Å². The lowest BCUT2D eigenvalue weighted by atomic mass is 10.1. The van der Waals surface area contributed by atoms with E-state index >= 15 is 0 Å². The normalized spacial score (nSPS) is 16.4. The lowest BCUT2D eigenvalue weighted by molar-refractivity contribution is -0.384. The van der Waals surface area contributed by atoms with Crippen LogP contribution in [0.25, 0.3) is 0 Å². The number of piperazine rings is 1. The van der Waals surface area contributed by atoms with E-state index in [0.29, 0.717) is 5.11 Å². The van der Waals surface area contributed by atoms with E-state index in [-0.39, 0.29) is 5.69 Å². The van der Waals surface area contributed by atoms with Gasteiger partial charge in [0.2, 0.25) is 0 Å². The molecule has 0 aromatic heterocycles. The van der Waals surface area contributed by atoms with Gasteiger partial charge < -0.3 is 15.0 Å². The number of rotatable bonds is 4. The minimum absolute atomic E-state index is 0.0724. The number of benzene rings is 2. The first-order chi connectivity index (χ1) is 13.6. The Morgan fingerprint density at radius 2 is 1.89 bits per heavy atom. The van der Waals surface area contributed by atoms with E-state index in [0.717, 1.165) is 57.2 Å². The van der Waals surface area contributed by atoms with Crippen molar-refractivity contribution in [3.8, 4) is 5.75 Å². The first kappa shape index (κ1) is 18.6. The molecule has 2 aromatic carbocycles. The summed E-state index contributed by atoms with van der Waals surface area (Å²) in [7, 11) is 0. The average molecular weight is 398 g/mol. The predicted molar refractivity (Wildman–Crippen MR) is 112 cm³/mol. The van der Waals surface area contributed by atoms with Crippen molar-refractivity contribution in [1.82, 2.24) is 9.80 Å². The van der Waals surface area contributed by atoms with Gasteiger partial charge in [0.15, 0.2) is 5.11 Å². The van der Waals surface area contributed by atoms with Crippen LogP contribution in [0.2, 0.25) is 0 Å². The molecule has 2 heterocycles. The van der Waals surface area contributed by atoms with Crippen LogP contribution in [0, 0.1) is 10.1 Å². The van der Waals surface area contributed by atoms with Crippen LogP contribution < -0.4 is 10.1 Å². The fourth-order valence-corrected chi connectivity index (χ4v) is 3.87. The molecule has 1 fully saturated rings. The first-order valence-electron chi connectivity index (χ1n) is 9.36. The Balaban J connectivity index is 1.27. The SMILES string of the molecule is O=[N+]([O-])c1ccc(NC(=S)N2CCN(Cc3ccc4c(c3)CCO4)CC2)cc1. The largest absolute Gasteiger partial charge is 0.493 e. The number of nitro groups is 1. The Labute approximate surface area is 169 Å². The summed E-state index contributed by atoms with van der Waals surface area (Å²) in [5.74, 6) is 1.02. The highest BCUT2D eigenvalue weighted by Gasteiger charge is 2.20. The molecule has 2 aromatic rings. The summed E-state index contributed by atoms with van der Waals surface area (Å²) in [6.45, 7) is 5.31. The van der Waals surface area contributed by atoms with Gasteiger partial charge >= 0.3 is 0 Å². The first-order valence-corrected chi connectivity index (χ1v) is 9.77. The summed E-state index contributed by atoms with van der Waals surface area (Å²) in [5, 5.41) is 14.6. The molecule has 0 bridgehead atoms. The minimum Gasteiger partial charge on any atom is -0.493 e. The molecule has 1 N–H and O–H groups in total. The summed E-state index contributed by atoms with van der Waals surface area (Å²) in [4.78, 5) is 14.9. The summed E-state index contributed by atoms with van der Waals surface area (Å²) in [6.07, 6.45) is 1.000. The monoisotopic (exact) mass is 398 g/mol. The van der Waals surface area contributed by atoms with Crippen LogP contribution in [-0.4, -0.2) is 52.6 Å². The van der Waals surface area contributed by atoms with E-state index in [4.69, 9.17) is 17.0 Å². The summed E-state index contributed by atoms with van der Waals surface area (Å²) >= 11 is 5.51. The maximum atomic E-state index is 10.7. The van der Waals surface area contributed by atoms with Crippen molar-refractivity contribution in [3.05, 3.63) is 63.7 Å². The van der Waals surface area contributed by atoms with Crippen molar-refractivity contribution in [2.75, 3.05) is 38.1 Å². The third-order valence-electron chi connectivity index (χ3n) is 5.15. The molecule has 0 radical (unpaired) electrons. The Hall–Kier alpha value is -2.71. The van der Waals surface area contributed by atoms with E-state index in [9.17, 15) is 10.1 Å². The van der Waals surface area contributed by atoms with Crippen LogP contribution in [0.5, 0.6) is 5.75 Å². The quantitative estimate of drug-likeness (QED) is 0.482. The van der Waals surface area contributed by atoms with Gasteiger partial charge in [-0.15, -0.1) is 0 Å². The molecule has 0 unspecified atom stereocenters. The highest BCUT2D eigenvalue weighted by molar-refractivity contribution is 7.80. The number of nitro benzene ring substituents is 1. The zero-order valence-electron chi connectivity index (χ0n) is 15.5. The third-order valence-corrected chi connectivity index (χ3v) is 5.51. The molecule has 4 rings (SSSR count). The molecule has 0 aliphatic carbocycles. The van der Waals surface area contributed by atoms with Crippen molar-refractivity contribution in [2.45, 2.75) is 13.0 Å². The highest BCUT2D eigenvalue weighted by Crippen LogP contribution is 2.26. The topological polar surface area (TPSA) is 70.9 Å². The number of nitrogens with one attached hydrogen (secondary N) is 1. The molecule has 2 aliphatic rings. The summed E-state index contributed by atoms with van der Waals surface area (Å²) in [5.41, 5.74) is 3.47. The number of hydrogen-bond donors (Lipinski definition) is 1. The minimum atomic E-state index is -0.407. The van der Waals surface area contributed by atoms with E-state index in [2.05, 4.69) is 33.3 Å². The fraction of sp³-hybridized carbons (Fsp3) is 0.350.